The van der Waals surface area contributed by atoms with Crippen LogP contribution in [-0.4, -0.2) is 167 Å². The number of phenols is 2. The van der Waals surface area contributed by atoms with E-state index in [1.807, 2.05) is 0 Å². The molecule has 3 fully saturated rings. The molecule has 2 aromatic rings. The Labute approximate surface area is 278 Å². The minimum atomic E-state index is -1.95. The van der Waals surface area contributed by atoms with Gasteiger partial charge in [-0.2, -0.15) is 0 Å². The Bertz CT molecular complexity index is 1440. The third kappa shape index (κ3) is 8.08. The topological polar surface area (TPSA) is 298 Å². The van der Waals surface area contributed by atoms with Gasteiger partial charge in [-0.05, 0) is 29.8 Å². The van der Waals surface area contributed by atoms with E-state index in [0.717, 1.165) is 0 Å². The Morgan fingerprint density at radius 2 is 1.35 bits per heavy atom. The van der Waals surface area contributed by atoms with Crippen molar-refractivity contribution < 1.29 is 89.7 Å². The van der Waals surface area contributed by atoms with Crippen LogP contribution in [0.3, 0.4) is 0 Å². The standard InChI is InChI=1S/C31H40O18/c32-9-19-21(36)23(38)25(40)28(48-19)46-16-4-3-14(18(35)8-16)2-1-13-5-15(34)7-17(6-13)47-29-26(41)24(39)22(37)20(49-29)10-44-30-27(42)31(43,11-33)12-45-30/h1-8,19-30,32-43H,9-12H2/b2-1+/t19-,20-,21-,22-,23+,24+,25-,26-,27+,28-,29-,30-,31-/m1/s1. The van der Waals surface area contributed by atoms with Crippen molar-refractivity contribution in [1.29, 1.82) is 0 Å². The third-order valence-electron chi connectivity index (χ3n) is 8.40. The SMILES string of the molecule is OC[C@H]1O[C@@H](Oc2ccc(/C=C/c3cc(O)cc(O[C@@H]4O[C@H](CO[C@@H]5OC[C@](O)(CO)[C@H]5O)[C@@H](O)[C@H](O)[C@H]4O)c3)c(O)c2)[C@H](O)[C@@H](O)[C@@H]1O. The van der Waals surface area contributed by atoms with Gasteiger partial charge in [0.25, 0.3) is 0 Å². The molecule has 0 radical (unpaired) electrons. The molecule has 0 aliphatic carbocycles. The van der Waals surface area contributed by atoms with Gasteiger partial charge in [0.05, 0.1) is 26.4 Å². The maximum atomic E-state index is 10.6. The molecule has 3 aliphatic rings. The van der Waals surface area contributed by atoms with Crippen LogP contribution in [-0.2, 0) is 18.9 Å². The fourth-order valence-electron chi connectivity index (χ4n) is 5.40. The molecule has 49 heavy (non-hydrogen) atoms. The molecule has 12 N–H and O–H groups in total. The number of aliphatic hydroxyl groups excluding tert-OH is 9. The first-order valence-corrected chi connectivity index (χ1v) is 15.2. The summed E-state index contributed by atoms with van der Waals surface area (Å²) in [4.78, 5) is 0. The summed E-state index contributed by atoms with van der Waals surface area (Å²) in [5.74, 6) is -0.528. The fourth-order valence-corrected chi connectivity index (χ4v) is 5.40. The van der Waals surface area contributed by atoms with Gasteiger partial charge in [-0.15, -0.1) is 0 Å². The van der Waals surface area contributed by atoms with Crippen LogP contribution in [0.15, 0.2) is 36.4 Å². The summed E-state index contributed by atoms with van der Waals surface area (Å²) in [5.41, 5.74) is -1.31. The molecule has 0 bridgehead atoms. The maximum Gasteiger partial charge on any atom is 0.229 e. The van der Waals surface area contributed by atoms with E-state index in [4.69, 9.17) is 28.4 Å². The summed E-state index contributed by atoms with van der Waals surface area (Å²) < 4.78 is 32.7. The van der Waals surface area contributed by atoms with Gasteiger partial charge in [0.2, 0.25) is 12.6 Å². The van der Waals surface area contributed by atoms with Crippen molar-refractivity contribution in [2.24, 2.45) is 0 Å². The molecule has 0 unspecified atom stereocenters. The summed E-state index contributed by atoms with van der Waals surface area (Å²) in [7, 11) is 0. The Hall–Kier alpha value is -3.18. The molecule has 18 nitrogen and oxygen atoms in total. The van der Waals surface area contributed by atoms with Crippen molar-refractivity contribution in [2.75, 3.05) is 26.4 Å². The van der Waals surface area contributed by atoms with Crippen molar-refractivity contribution in [3.8, 4) is 23.0 Å². The van der Waals surface area contributed by atoms with E-state index in [1.165, 1.54) is 48.6 Å². The highest BCUT2D eigenvalue weighted by molar-refractivity contribution is 5.74. The van der Waals surface area contributed by atoms with E-state index < -0.39 is 106 Å². The molecule has 272 valence electrons. The quantitative estimate of drug-likeness (QED) is 0.0997. The zero-order valence-electron chi connectivity index (χ0n) is 25.7. The van der Waals surface area contributed by atoms with E-state index in [1.54, 1.807) is 0 Å². The van der Waals surface area contributed by atoms with Crippen molar-refractivity contribution in [2.45, 2.75) is 79.4 Å². The van der Waals surface area contributed by atoms with Gasteiger partial charge in [0.1, 0.15) is 83.5 Å². The van der Waals surface area contributed by atoms with Crippen molar-refractivity contribution in [1.82, 2.24) is 0 Å². The molecular formula is C31H40O18. The first-order valence-electron chi connectivity index (χ1n) is 15.2. The molecule has 3 aliphatic heterocycles. The molecule has 5 rings (SSSR count). The van der Waals surface area contributed by atoms with E-state index in [0.29, 0.717) is 5.56 Å². The van der Waals surface area contributed by atoms with Crippen LogP contribution in [0.4, 0.5) is 0 Å². The predicted molar refractivity (Wildman–Crippen MR) is 161 cm³/mol. The van der Waals surface area contributed by atoms with Gasteiger partial charge in [0, 0.05) is 17.7 Å². The first kappa shape index (κ1) is 37.1. The van der Waals surface area contributed by atoms with Gasteiger partial charge < -0.3 is 89.7 Å². The average Bonchev–Trinajstić information content (AvgIpc) is 3.37. The highest BCUT2D eigenvalue weighted by Crippen LogP contribution is 2.32. The largest absolute Gasteiger partial charge is 0.508 e. The number of hydrogen-bond donors (Lipinski definition) is 12. The van der Waals surface area contributed by atoms with Gasteiger partial charge in [-0.25, -0.2) is 0 Å². The second kappa shape index (κ2) is 15.4. The normalized spacial score (nSPS) is 38.2. The molecule has 3 saturated heterocycles. The molecular weight excluding hydrogens is 660 g/mol. The van der Waals surface area contributed by atoms with Crippen molar-refractivity contribution >= 4 is 12.2 Å². The van der Waals surface area contributed by atoms with Crippen LogP contribution in [0.2, 0.25) is 0 Å². The van der Waals surface area contributed by atoms with Gasteiger partial charge in [-0.3, -0.25) is 0 Å². The Morgan fingerprint density at radius 1 is 0.714 bits per heavy atom. The summed E-state index contributed by atoms with van der Waals surface area (Å²) in [6.45, 7) is -2.35. The Balaban J connectivity index is 1.22. The lowest BCUT2D eigenvalue weighted by Gasteiger charge is -2.40. The molecule has 0 amide bonds. The van der Waals surface area contributed by atoms with E-state index >= 15 is 0 Å². The maximum absolute atomic E-state index is 10.6. The van der Waals surface area contributed by atoms with Crippen LogP contribution in [0.25, 0.3) is 12.2 Å². The van der Waals surface area contributed by atoms with Crippen molar-refractivity contribution in [3.05, 3.63) is 47.5 Å². The summed E-state index contributed by atoms with van der Waals surface area (Å²) in [6.07, 6.45) is -15.6. The summed E-state index contributed by atoms with van der Waals surface area (Å²) >= 11 is 0. The molecule has 18 heteroatoms. The number of aromatic hydroxyl groups is 2. The smallest absolute Gasteiger partial charge is 0.229 e. The zero-order chi connectivity index (χ0) is 35.6. The van der Waals surface area contributed by atoms with E-state index in [9.17, 15) is 61.3 Å². The number of benzene rings is 2. The fraction of sp³-hybridized carbons (Fsp3) is 0.548. The van der Waals surface area contributed by atoms with Gasteiger partial charge in [0.15, 0.2) is 6.29 Å². The van der Waals surface area contributed by atoms with Crippen LogP contribution >= 0.6 is 0 Å². The molecule has 0 spiro atoms. The highest BCUT2D eigenvalue weighted by atomic mass is 16.7. The average molecular weight is 701 g/mol. The monoisotopic (exact) mass is 700 g/mol. The first-order chi connectivity index (χ1) is 23.2. The van der Waals surface area contributed by atoms with E-state index in [-0.39, 0.29) is 28.6 Å². The number of phenolic OH excluding ortho intramolecular Hbond substituents is 2. The number of aliphatic hydroxyl groups is 10. The molecule has 0 saturated carbocycles. The van der Waals surface area contributed by atoms with Crippen molar-refractivity contribution in [3.63, 3.8) is 0 Å². The Morgan fingerprint density at radius 3 is 1.96 bits per heavy atom. The molecule has 13 atom stereocenters. The van der Waals surface area contributed by atoms with Gasteiger partial charge >= 0.3 is 0 Å². The van der Waals surface area contributed by atoms with Crippen LogP contribution in [0.1, 0.15) is 11.1 Å². The summed E-state index contributed by atoms with van der Waals surface area (Å²) in [6, 6.07) is 8.05. The lowest BCUT2D eigenvalue weighted by atomic mass is 9.99. The second-order valence-electron chi connectivity index (χ2n) is 12.0. The molecule has 2 aromatic carbocycles. The number of rotatable bonds is 11. The van der Waals surface area contributed by atoms with Crippen LogP contribution in [0, 0.1) is 0 Å². The zero-order valence-corrected chi connectivity index (χ0v) is 25.7. The van der Waals surface area contributed by atoms with E-state index in [2.05, 4.69) is 0 Å². The number of ether oxygens (including phenoxy) is 6. The van der Waals surface area contributed by atoms with Crippen LogP contribution in [0.5, 0.6) is 23.0 Å². The minimum absolute atomic E-state index is 0.0259. The third-order valence-corrected chi connectivity index (χ3v) is 8.40. The lowest BCUT2D eigenvalue weighted by Crippen LogP contribution is -2.60. The summed E-state index contributed by atoms with van der Waals surface area (Å²) in [5, 5.41) is 121. The van der Waals surface area contributed by atoms with Crippen LogP contribution < -0.4 is 9.47 Å². The Kier molecular flexibility index (Phi) is 11.6. The second-order valence-corrected chi connectivity index (χ2v) is 12.0. The number of hydrogen-bond acceptors (Lipinski definition) is 18. The highest BCUT2D eigenvalue weighted by Gasteiger charge is 2.50. The van der Waals surface area contributed by atoms with Gasteiger partial charge in [-0.1, -0.05) is 12.2 Å². The predicted octanol–water partition coefficient (Wildman–Crippen LogP) is -3.91. The lowest BCUT2D eigenvalue weighted by molar-refractivity contribution is -0.289. The minimum Gasteiger partial charge on any atom is -0.508 e. The molecule has 3 heterocycles. The molecule has 0 aromatic heterocycles.